The normalized spacial score (nSPS) is 18.6. The van der Waals surface area contributed by atoms with Gasteiger partial charge in [0.05, 0.1) is 24.6 Å². The predicted molar refractivity (Wildman–Crippen MR) is 262 cm³/mol. The number of aliphatic carboxylic acids is 1. The Morgan fingerprint density at radius 1 is 0.826 bits per heavy atom. The number of ether oxygens (including phenoxy) is 2. The van der Waals surface area contributed by atoms with E-state index < -0.39 is 137 Å². The number of carbonyl (C=O) groups excluding carboxylic acids is 9. The van der Waals surface area contributed by atoms with Crippen molar-refractivity contribution in [3.63, 3.8) is 0 Å². The third kappa shape index (κ3) is 21.0. The molecule has 0 spiro atoms. The van der Waals surface area contributed by atoms with Crippen LogP contribution in [0.2, 0.25) is 0 Å². The Labute approximate surface area is 413 Å². The molecular weight excluding hydrogens is 913 g/mol. The molecule has 0 bridgehead atoms. The molecule has 0 aromatic carbocycles. The zero-order chi connectivity index (χ0) is 53.1. The number of carbonyl (C=O) groups is 10. The highest BCUT2D eigenvalue weighted by Gasteiger charge is 2.53. The number of amides is 3. The van der Waals surface area contributed by atoms with Gasteiger partial charge in [-0.25, -0.2) is 0 Å². The lowest BCUT2D eigenvalue weighted by Gasteiger charge is -2.37. The van der Waals surface area contributed by atoms with Crippen molar-refractivity contribution in [2.24, 2.45) is 46.2 Å². The van der Waals surface area contributed by atoms with Crippen LogP contribution in [0.1, 0.15) is 154 Å². The Bertz CT molecular complexity index is 1860. The van der Waals surface area contributed by atoms with E-state index in [0.29, 0.717) is 12.2 Å². The van der Waals surface area contributed by atoms with E-state index in [0.717, 1.165) is 11.8 Å². The molecule has 8 atom stereocenters. The second-order valence-corrected chi connectivity index (χ2v) is 21.4. The van der Waals surface area contributed by atoms with E-state index in [4.69, 9.17) is 15.2 Å². The number of nitrogens with zero attached hydrogens (tertiary/aromatic N) is 2. The Kier molecular flexibility index (Phi) is 26.0. The highest BCUT2D eigenvalue weighted by molar-refractivity contribution is 8.13. The van der Waals surface area contributed by atoms with Crippen LogP contribution in [0.25, 0.3) is 0 Å². The first kappa shape index (κ1) is 62.3. The summed E-state index contributed by atoms with van der Waals surface area (Å²) in [6, 6.07) is -3.57. The molecule has 19 nitrogen and oxygen atoms in total. The fraction of sp³-hybridized carbons (Fsp3) is 0.776. The maximum atomic E-state index is 14.4. The van der Waals surface area contributed by atoms with Crippen molar-refractivity contribution in [2.75, 3.05) is 19.3 Å². The highest BCUT2D eigenvalue weighted by atomic mass is 32.2. The molecule has 0 radical (unpaired) electrons. The first-order chi connectivity index (χ1) is 31.9. The molecule has 1 heterocycles. The molecular formula is C49H82N6O13S. The number of nitrogens with one attached hydrogen (secondary N) is 3. The standard InChI is InChI=1S/C49H82N6O13S/c1-15-31(23-39(59)42-30(8)67-49(12,13)55(42)45(65)34(28(5)6)22-29(7)56)43(63)53-36(19-20-41(62)68-48(9,10)11)38(58)26-33(27(3)4)44(64)54-35(18-17-21-52-47(50)51-14)37(57)24-32(25-40(60)61)46(66)69-16-2/h27-28,30-36,42H,15-26H2,1-14H3,(H,53,63)(H,54,64)(H,60,61)(H3,50,51,52)/t30?,31-,32+,33+,34+,35+,36+,42+/m1/s1. The zero-order valence-electron chi connectivity index (χ0n) is 43.5. The van der Waals surface area contributed by atoms with Gasteiger partial charge in [0.25, 0.3) is 0 Å². The van der Waals surface area contributed by atoms with Gasteiger partial charge < -0.3 is 46.0 Å². The second kappa shape index (κ2) is 28.8. The molecule has 1 saturated heterocycles. The molecule has 0 aromatic heterocycles. The van der Waals surface area contributed by atoms with Gasteiger partial charge >= 0.3 is 11.9 Å². The van der Waals surface area contributed by atoms with E-state index in [2.05, 4.69) is 20.9 Å². The number of carboxylic acids is 1. The van der Waals surface area contributed by atoms with Crippen LogP contribution in [0.5, 0.6) is 0 Å². The molecule has 1 aliphatic rings. The van der Waals surface area contributed by atoms with E-state index >= 15 is 0 Å². The van der Waals surface area contributed by atoms with Crippen molar-refractivity contribution in [1.82, 2.24) is 20.9 Å². The van der Waals surface area contributed by atoms with Crippen LogP contribution in [0, 0.1) is 35.5 Å². The Morgan fingerprint density at radius 3 is 1.90 bits per heavy atom. The fourth-order valence-electron chi connectivity index (χ4n) is 8.35. The lowest BCUT2D eigenvalue weighted by Crippen LogP contribution is -2.54. The lowest BCUT2D eigenvalue weighted by atomic mass is 9.86. The number of Topliss-reactive ketones (excluding diaryl/α,β-unsaturated/α-hetero) is 4. The number of rotatable bonds is 30. The van der Waals surface area contributed by atoms with Crippen LogP contribution < -0.4 is 21.7 Å². The Balaban J connectivity index is 3.55. The number of ketones is 4. The average Bonchev–Trinajstić information content (AvgIpc) is 3.48. The molecule has 0 saturated carbocycles. The summed E-state index contributed by atoms with van der Waals surface area (Å²) >= 11 is 0.902. The summed E-state index contributed by atoms with van der Waals surface area (Å²) in [7, 11) is 1.49. The lowest BCUT2D eigenvalue weighted by molar-refractivity contribution is -0.156. The number of esters is 1. The zero-order valence-corrected chi connectivity index (χ0v) is 44.3. The van der Waals surface area contributed by atoms with E-state index in [1.807, 2.05) is 13.8 Å². The minimum atomic E-state index is -1.32. The largest absolute Gasteiger partial charge is 0.481 e. The van der Waals surface area contributed by atoms with Crippen molar-refractivity contribution in [3.8, 4) is 0 Å². The molecule has 0 aliphatic carbocycles. The number of guanidine groups is 1. The summed E-state index contributed by atoms with van der Waals surface area (Å²) in [5.74, 6) is -9.55. The van der Waals surface area contributed by atoms with Gasteiger partial charge in [-0.2, -0.15) is 0 Å². The summed E-state index contributed by atoms with van der Waals surface area (Å²) in [5.41, 5.74) is 3.70. The number of carboxylic acid groups (broad SMARTS) is 1. The quantitative estimate of drug-likeness (QED) is 0.0286. The maximum absolute atomic E-state index is 14.4. The van der Waals surface area contributed by atoms with Crippen LogP contribution in [-0.4, -0.2) is 129 Å². The monoisotopic (exact) mass is 995 g/mol. The summed E-state index contributed by atoms with van der Waals surface area (Å²) in [6.07, 6.45) is -2.53. The smallest absolute Gasteiger partial charge is 0.306 e. The van der Waals surface area contributed by atoms with Gasteiger partial charge in [0.1, 0.15) is 23.2 Å². The van der Waals surface area contributed by atoms with Crippen molar-refractivity contribution in [1.29, 1.82) is 0 Å². The molecule has 3 amide bonds. The van der Waals surface area contributed by atoms with Crippen molar-refractivity contribution in [2.45, 2.75) is 190 Å². The summed E-state index contributed by atoms with van der Waals surface area (Å²) < 4.78 is 11.6. The molecule has 392 valence electrons. The average molecular weight is 995 g/mol. The predicted octanol–water partition coefficient (Wildman–Crippen LogP) is 4.54. The second-order valence-electron chi connectivity index (χ2n) is 20.1. The number of aliphatic imine (C=N–C) groups is 1. The van der Waals surface area contributed by atoms with E-state index in [9.17, 15) is 53.1 Å². The molecule has 20 heteroatoms. The number of nitrogens with two attached hydrogens (primary N) is 1. The molecule has 1 rings (SSSR count). The van der Waals surface area contributed by atoms with Gasteiger partial charge in [-0.15, -0.1) is 0 Å². The van der Waals surface area contributed by atoms with Crippen LogP contribution in [0.4, 0.5) is 0 Å². The van der Waals surface area contributed by atoms with E-state index in [1.54, 1.807) is 69.2 Å². The van der Waals surface area contributed by atoms with Crippen molar-refractivity contribution >= 4 is 75.6 Å². The van der Waals surface area contributed by atoms with Crippen LogP contribution in [0.3, 0.4) is 0 Å². The van der Waals surface area contributed by atoms with Gasteiger partial charge in [0.2, 0.25) is 17.7 Å². The van der Waals surface area contributed by atoms with Crippen molar-refractivity contribution < 1.29 is 62.5 Å². The highest BCUT2D eigenvalue weighted by Crippen LogP contribution is 2.37. The molecule has 0 aromatic rings. The molecule has 1 fully saturated rings. The number of thioether (sulfide) groups is 1. The van der Waals surface area contributed by atoms with Gasteiger partial charge in [-0.1, -0.05) is 53.3 Å². The fourth-order valence-corrected chi connectivity index (χ4v) is 9.04. The molecule has 1 aliphatic heterocycles. The van der Waals surface area contributed by atoms with E-state index in [-0.39, 0.29) is 62.7 Å². The number of hydrogen-bond acceptors (Lipinski definition) is 14. The van der Waals surface area contributed by atoms with Gasteiger partial charge in [0, 0.05) is 69.4 Å². The first-order valence-electron chi connectivity index (χ1n) is 24.2. The van der Waals surface area contributed by atoms with Crippen LogP contribution in [-0.2, 0) is 57.4 Å². The summed E-state index contributed by atoms with van der Waals surface area (Å²) in [5, 5.41) is 17.4. The third-order valence-electron chi connectivity index (χ3n) is 12.0. The van der Waals surface area contributed by atoms with E-state index in [1.165, 1.54) is 18.9 Å². The molecule has 1 unspecified atom stereocenters. The minimum absolute atomic E-state index is 0.0202. The number of hydrogen-bond donors (Lipinski definition) is 5. The van der Waals surface area contributed by atoms with Crippen LogP contribution >= 0.6 is 11.8 Å². The van der Waals surface area contributed by atoms with Gasteiger partial charge in [-0.05, 0) is 91.7 Å². The first-order valence-corrected chi connectivity index (χ1v) is 25.1. The minimum Gasteiger partial charge on any atom is -0.481 e. The molecule has 6 N–H and O–H groups in total. The third-order valence-corrected chi connectivity index (χ3v) is 12.9. The maximum Gasteiger partial charge on any atom is 0.306 e. The topological polar surface area (TPSA) is 287 Å². The Morgan fingerprint density at radius 2 is 1.39 bits per heavy atom. The summed E-state index contributed by atoms with van der Waals surface area (Å²) in [4.78, 5) is 140. The molecule has 69 heavy (non-hydrogen) atoms. The van der Waals surface area contributed by atoms with Crippen molar-refractivity contribution in [3.05, 3.63) is 0 Å². The Hall–Kier alpha value is -4.72. The summed E-state index contributed by atoms with van der Waals surface area (Å²) in [6.45, 7) is 22.2. The SMILES string of the molecule is CCSC(=O)[C@H](CC(=O)O)CC(=O)[C@H](CCCNC(N)=NC)NC(=O)[C@@H](CC(=O)[C@H](CCC(=O)OC(C)(C)C)NC(=O)[C@H](CC)CC(=O)[C@@H]1C(C)OC(C)(C)N1C(=O)[C@@H](CC(C)=O)C(C)C)C(C)C. The van der Waals surface area contributed by atoms with Gasteiger partial charge in [-0.3, -0.25) is 48.1 Å². The van der Waals surface area contributed by atoms with Gasteiger partial charge in [0.15, 0.2) is 28.4 Å². The van der Waals surface area contributed by atoms with Crippen LogP contribution in [0.15, 0.2) is 4.99 Å².